The molecule has 0 saturated heterocycles. The molecule has 7 heteroatoms. The van der Waals surface area contributed by atoms with E-state index in [-0.39, 0.29) is 24.2 Å². The van der Waals surface area contributed by atoms with Crippen LogP contribution in [0.4, 0.5) is 8.78 Å². The molecular weight excluding hydrogens is 388 g/mol. The summed E-state index contributed by atoms with van der Waals surface area (Å²) in [7, 11) is 1.70. The number of halogens is 2. The van der Waals surface area contributed by atoms with Gasteiger partial charge in [-0.2, -0.15) is 8.78 Å². The topological polar surface area (TPSA) is 54.5 Å². The third-order valence-electron chi connectivity index (χ3n) is 4.57. The number of carbonyl (C=O) groups excluding carboxylic acids is 1. The average molecular weight is 411 g/mol. The van der Waals surface area contributed by atoms with E-state index in [1.54, 1.807) is 30.3 Å². The lowest BCUT2D eigenvalue weighted by atomic mass is 10.0. The summed E-state index contributed by atoms with van der Waals surface area (Å²) in [6.07, 6.45) is 1.72. The highest BCUT2D eigenvalue weighted by atomic mass is 19.3. The van der Waals surface area contributed by atoms with Crippen LogP contribution in [-0.2, 0) is 11.3 Å². The third kappa shape index (κ3) is 6.09. The average Bonchev–Trinajstić information content (AvgIpc) is 2.76. The Morgan fingerprint density at radius 1 is 1.03 bits per heavy atom. The molecule has 0 saturated carbocycles. The molecule has 5 nitrogen and oxygen atoms in total. The van der Waals surface area contributed by atoms with E-state index >= 15 is 0 Å². The van der Waals surface area contributed by atoms with Crippen LogP contribution >= 0.6 is 0 Å². The molecule has 1 aromatic heterocycles. The number of rotatable bonds is 9. The van der Waals surface area contributed by atoms with Gasteiger partial charge in [0.05, 0.1) is 18.3 Å². The standard InChI is InChI=1S/C23H23F2N3O2/c1-28(16-17-10-12-19(13-11-17)30-23(24)25)21(29)15-27-22(18-7-3-2-4-8-18)20-9-5-6-14-26-20/h2-14,22-23,27H,15-16H2,1H3. The van der Waals surface area contributed by atoms with E-state index in [0.29, 0.717) is 6.54 Å². The Bertz CT molecular complexity index is 883. The van der Waals surface area contributed by atoms with Gasteiger partial charge in [0.25, 0.3) is 0 Å². The molecule has 0 aliphatic rings. The highest BCUT2D eigenvalue weighted by Crippen LogP contribution is 2.20. The molecule has 1 heterocycles. The first-order valence-electron chi connectivity index (χ1n) is 9.50. The number of amides is 1. The quantitative estimate of drug-likeness (QED) is 0.578. The number of hydrogen-bond donors (Lipinski definition) is 1. The summed E-state index contributed by atoms with van der Waals surface area (Å²) < 4.78 is 28.8. The van der Waals surface area contributed by atoms with Crippen molar-refractivity contribution in [3.63, 3.8) is 0 Å². The van der Waals surface area contributed by atoms with Gasteiger partial charge in [-0.05, 0) is 35.4 Å². The summed E-state index contributed by atoms with van der Waals surface area (Å²) in [5.74, 6) is -0.00905. The van der Waals surface area contributed by atoms with Crippen LogP contribution in [0.15, 0.2) is 79.0 Å². The molecular formula is C23H23F2N3O2. The predicted molar refractivity (Wildman–Crippen MR) is 110 cm³/mol. The van der Waals surface area contributed by atoms with Gasteiger partial charge in [0.15, 0.2) is 0 Å². The van der Waals surface area contributed by atoms with E-state index in [9.17, 15) is 13.6 Å². The SMILES string of the molecule is CN(Cc1ccc(OC(F)F)cc1)C(=O)CNC(c1ccccc1)c1ccccn1. The molecule has 1 N–H and O–H groups in total. The van der Waals surface area contributed by atoms with Crippen molar-refractivity contribution in [1.82, 2.24) is 15.2 Å². The molecule has 3 aromatic rings. The molecule has 1 unspecified atom stereocenters. The fourth-order valence-electron chi connectivity index (χ4n) is 3.05. The minimum absolute atomic E-state index is 0.0884. The summed E-state index contributed by atoms with van der Waals surface area (Å²) in [4.78, 5) is 18.6. The highest BCUT2D eigenvalue weighted by molar-refractivity contribution is 5.78. The minimum Gasteiger partial charge on any atom is -0.435 e. The fraction of sp³-hybridized carbons (Fsp3) is 0.217. The van der Waals surface area contributed by atoms with Gasteiger partial charge >= 0.3 is 6.61 Å². The number of hydrogen-bond acceptors (Lipinski definition) is 4. The second kappa shape index (κ2) is 10.5. The van der Waals surface area contributed by atoms with Gasteiger partial charge in [-0.3, -0.25) is 15.1 Å². The van der Waals surface area contributed by atoms with Crippen LogP contribution in [0.5, 0.6) is 5.75 Å². The number of alkyl halides is 2. The van der Waals surface area contributed by atoms with Crippen LogP contribution in [0.25, 0.3) is 0 Å². The van der Waals surface area contributed by atoms with Crippen molar-refractivity contribution in [2.24, 2.45) is 0 Å². The number of ether oxygens (including phenoxy) is 1. The number of benzene rings is 2. The van der Waals surface area contributed by atoms with E-state index < -0.39 is 6.61 Å². The molecule has 156 valence electrons. The van der Waals surface area contributed by atoms with Crippen molar-refractivity contribution in [3.8, 4) is 5.75 Å². The second-order valence-electron chi connectivity index (χ2n) is 6.75. The van der Waals surface area contributed by atoms with Crippen molar-refractivity contribution in [2.75, 3.05) is 13.6 Å². The van der Waals surface area contributed by atoms with Gasteiger partial charge in [-0.1, -0.05) is 48.5 Å². The number of nitrogens with one attached hydrogen (secondary N) is 1. The number of aromatic nitrogens is 1. The molecule has 2 aromatic carbocycles. The Morgan fingerprint density at radius 3 is 2.37 bits per heavy atom. The maximum atomic E-state index is 12.6. The van der Waals surface area contributed by atoms with E-state index in [1.165, 1.54) is 12.1 Å². The van der Waals surface area contributed by atoms with Crippen molar-refractivity contribution in [1.29, 1.82) is 0 Å². The minimum atomic E-state index is -2.86. The number of carbonyl (C=O) groups is 1. The monoisotopic (exact) mass is 411 g/mol. The molecule has 0 spiro atoms. The first-order valence-corrected chi connectivity index (χ1v) is 9.50. The number of nitrogens with zero attached hydrogens (tertiary/aromatic N) is 2. The lowest BCUT2D eigenvalue weighted by Crippen LogP contribution is -2.37. The zero-order valence-electron chi connectivity index (χ0n) is 16.5. The van der Waals surface area contributed by atoms with E-state index in [0.717, 1.165) is 16.8 Å². The van der Waals surface area contributed by atoms with E-state index in [1.807, 2.05) is 48.5 Å². The molecule has 0 fully saturated rings. The fourth-order valence-corrected chi connectivity index (χ4v) is 3.05. The smallest absolute Gasteiger partial charge is 0.387 e. The van der Waals surface area contributed by atoms with Gasteiger partial charge in [0, 0.05) is 19.8 Å². The Kier molecular flexibility index (Phi) is 7.45. The van der Waals surface area contributed by atoms with Crippen molar-refractivity contribution in [3.05, 3.63) is 95.8 Å². The van der Waals surface area contributed by atoms with Crippen molar-refractivity contribution < 1.29 is 18.3 Å². The molecule has 30 heavy (non-hydrogen) atoms. The maximum Gasteiger partial charge on any atom is 0.387 e. The van der Waals surface area contributed by atoms with Crippen LogP contribution in [0.2, 0.25) is 0 Å². The van der Waals surface area contributed by atoms with E-state index in [4.69, 9.17) is 0 Å². The van der Waals surface area contributed by atoms with E-state index in [2.05, 4.69) is 15.0 Å². The molecule has 0 bridgehead atoms. The summed E-state index contributed by atoms with van der Waals surface area (Å²) in [6, 6.07) is 21.5. The zero-order chi connectivity index (χ0) is 21.3. The molecule has 0 radical (unpaired) electrons. The Balaban J connectivity index is 1.61. The van der Waals surface area contributed by atoms with Crippen molar-refractivity contribution in [2.45, 2.75) is 19.2 Å². The molecule has 0 aliphatic heterocycles. The van der Waals surface area contributed by atoms with Crippen LogP contribution < -0.4 is 10.1 Å². The zero-order valence-corrected chi connectivity index (χ0v) is 16.5. The molecule has 1 atom stereocenters. The van der Waals surface area contributed by atoms with Gasteiger partial charge in [0.2, 0.25) is 5.91 Å². The van der Waals surface area contributed by atoms with Gasteiger partial charge in [-0.15, -0.1) is 0 Å². The highest BCUT2D eigenvalue weighted by Gasteiger charge is 2.17. The third-order valence-corrected chi connectivity index (χ3v) is 4.57. The summed E-state index contributed by atoms with van der Waals surface area (Å²) in [6.45, 7) is -2.38. The predicted octanol–water partition coefficient (Wildman–Crippen LogP) is 4.02. The lowest BCUT2D eigenvalue weighted by Gasteiger charge is -2.22. The number of pyridine rings is 1. The summed E-state index contributed by atoms with van der Waals surface area (Å²) in [5, 5.41) is 3.29. The maximum absolute atomic E-state index is 12.6. The first kappa shape index (κ1) is 21.4. The number of likely N-dealkylation sites (N-methyl/N-ethyl adjacent to an activating group) is 1. The van der Waals surface area contributed by atoms with Crippen LogP contribution in [0.3, 0.4) is 0 Å². The normalized spacial score (nSPS) is 11.9. The Hall–Kier alpha value is -3.32. The van der Waals surface area contributed by atoms with Crippen molar-refractivity contribution >= 4 is 5.91 Å². The molecule has 0 aliphatic carbocycles. The Morgan fingerprint density at radius 2 is 1.73 bits per heavy atom. The summed E-state index contributed by atoms with van der Waals surface area (Å²) in [5.41, 5.74) is 2.66. The summed E-state index contributed by atoms with van der Waals surface area (Å²) >= 11 is 0. The molecule has 1 amide bonds. The lowest BCUT2D eigenvalue weighted by molar-refractivity contribution is -0.129. The van der Waals surface area contributed by atoms with Crippen LogP contribution in [-0.4, -0.2) is 36.0 Å². The van der Waals surface area contributed by atoms with Crippen LogP contribution in [0.1, 0.15) is 22.9 Å². The second-order valence-corrected chi connectivity index (χ2v) is 6.75. The molecule has 3 rings (SSSR count). The largest absolute Gasteiger partial charge is 0.435 e. The van der Waals surface area contributed by atoms with Gasteiger partial charge in [0.1, 0.15) is 5.75 Å². The Labute approximate surface area is 174 Å². The first-order chi connectivity index (χ1) is 14.5. The van der Waals surface area contributed by atoms with Gasteiger partial charge in [-0.25, -0.2) is 0 Å². The van der Waals surface area contributed by atoms with Crippen LogP contribution in [0, 0.1) is 0 Å². The van der Waals surface area contributed by atoms with Gasteiger partial charge < -0.3 is 9.64 Å².